The third-order valence-electron chi connectivity index (χ3n) is 4.22. The first-order chi connectivity index (χ1) is 13.1. The number of nitrogens with one attached hydrogen (secondary N) is 1. The summed E-state index contributed by atoms with van der Waals surface area (Å²) in [5.41, 5.74) is 3.06. The summed E-state index contributed by atoms with van der Waals surface area (Å²) in [7, 11) is 0. The highest BCUT2D eigenvalue weighted by Gasteiger charge is 2.26. The van der Waals surface area contributed by atoms with E-state index in [9.17, 15) is 9.59 Å². The van der Waals surface area contributed by atoms with Crippen LogP contribution >= 0.6 is 11.8 Å². The Morgan fingerprint density at radius 2 is 2.11 bits per heavy atom. The molecule has 0 saturated carbocycles. The molecule has 1 aromatic heterocycles. The Labute approximate surface area is 159 Å². The molecule has 8 nitrogen and oxygen atoms in total. The SMILES string of the molecule is Cc1ccc(-n2cnnn2)cc1NC(=O)CN1C(=O)CSc2ccccc21. The number of aromatic nitrogens is 4. The normalized spacial score (nSPS) is 13.4. The van der Waals surface area contributed by atoms with Crippen LogP contribution in [0.2, 0.25) is 0 Å². The number of amides is 2. The van der Waals surface area contributed by atoms with Gasteiger partial charge in [-0.2, -0.15) is 0 Å². The Morgan fingerprint density at radius 1 is 1.26 bits per heavy atom. The van der Waals surface area contributed by atoms with Gasteiger partial charge in [0, 0.05) is 10.6 Å². The van der Waals surface area contributed by atoms with Gasteiger partial charge in [-0.05, 0) is 47.2 Å². The van der Waals surface area contributed by atoms with Crippen molar-refractivity contribution >= 4 is 35.0 Å². The Kier molecular flexibility index (Phi) is 4.59. The minimum atomic E-state index is -0.262. The van der Waals surface area contributed by atoms with Crippen molar-refractivity contribution in [2.45, 2.75) is 11.8 Å². The number of benzene rings is 2. The maximum absolute atomic E-state index is 12.6. The molecule has 0 bridgehead atoms. The van der Waals surface area contributed by atoms with Gasteiger partial charge in [-0.3, -0.25) is 9.59 Å². The van der Waals surface area contributed by atoms with Gasteiger partial charge in [-0.1, -0.05) is 18.2 Å². The lowest BCUT2D eigenvalue weighted by Crippen LogP contribution is -2.41. The molecule has 136 valence electrons. The van der Waals surface area contributed by atoms with Crippen molar-refractivity contribution in [2.24, 2.45) is 0 Å². The highest BCUT2D eigenvalue weighted by atomic mass is 32.2. The number of fused-ring (bicyclic) bond motifs is 1. The fourth-order valence-electron chi connectivity index (χ4n) is 2.83. The van der Waals surface area contributed by atoms with Crippen molar-refractivity contribution in [3.8, 4) is 5.69 Å². The number of tetrazole rings is 1. The third-order valence-corrected chi connectivity index (χ3v) is 5.27. The minimum Gasteiger partial charge on any atom is -0.324 e. The van der Waals surface area contributed by atoms with E-state index in [1.165, 1.54) is 27.7 Å². The second-order valence-corrected chi connectivity index (χ2v) is 7.06. The molecule has 0 aliphatic carbocycles. The number of thioether (sulfide) groups is 1. The van der Waals surface area contributed by atoms with E-state index in [1.807, 2.05) is 43.3 Å². The lowest BCUT2D eigenvalue weighted by Gasteiger charge is -2.28. The number of anilines is 2. The molecule has 0 atom stereocenters. The summed E-state index contributed by atoms with van der Waals surface area (Å²) >= 11 is 1.49. The van der Waals surface area contributed by atoms with Gasteiger partial charge in [0.1, 0.15) is 12.9 Å². The molecule has 2 heterocycles. The van der Waals surface area contributed by atoms with Crippen molar-refractivity contribution in [3.05, 3.63) is 54.4 Å². The van der Waals surface area contributed by atoms with Gasteiger partial charge in [-0.25, -0.2) is 4.68 Å². The summed E-state index contributed by atoms with van der Waals surface area (Å²) in [5.74, 6) is -0.00648. The molecule has 2 amide bonds. The molecule has 4 rings (SSSR count). The summed E-state index contributed by atoms with van der Waals surface area (Å²) < 4.78 is 1.51. The summed E-state index contributed by atoms with van der Waals surface area (Å²) in [6.07, 6.45) is 1.48. The Hall–Kier alpha value is -3.20. The van der Waals surface area contributed by atoms with Crippen molar-refractivity contribution in [3.63, 3.8) is 0 Å². The van der Waals surface area contributed by atoms with E-state index in [4.69, 9.17) is 0 Å². The van der Waals surface area contributed by atoms with Gasteiger partial charge in [0.15, 0.2) is 0 Å². The average Bonchev–Trinajstić information content (AvgIpc) is 3.21. The quantitative estimate of drug-likeness (QED) is 0.745. The van der Waals surface area contributed by atoms with Crippen LogP contribution in [0.25, 0.3) is 5.69 Å². The van der Waals surface area contributed by atoms with Crippen LogP contribution in [-0.4, -0.2) is 44.3 Å². The fraction of sp³-hybridized carbons (Fsp3) is 0.167. The molecule has 0 spiro atoms. The van der Waals surface area contributed by atoms with Gasteiger partial charge in [0.25, 0.3) is 0 Å². The van der Waals surface area contributed by atoms with Crippen LogP contribution < -0.4 is 10.2 Å². The van der Waals surface area contributed by atoms with E-state index >= 15 is 0 Å². The molecular weight excluding hydrogens is 364 g/mol. The number of aryl methyl sites for hydroxylation is 1. The van der Waals surface area contributed by atoms with Crippen LogP contribution in [0.5, 0.6) is 0 Å². The average molecular weight is 380 g/mol. The van der Waals surface area contributed by atoms with Crippen LogP contribution in [0, 0.1) is 6.92 Å². The monoisotopic (exact) mass is 380 g/mol. The second kappa shape index (κ2) is 7.20. The van der Waals surface area contributed by atoms with Gasteiger partial charge >= 0.3 is 0 Å². The standard InChI is InChI=1S/C18H16N6O2S/c1-12-6-7-13(24-11-19-21-22-24)8-14(12)20-17(25)9-23-15-4-2-3-5-16(15)27-10-18(23)26/h2-8,11H,9-10H2,1H3,(H,20,25). The molecule has 0 radical (unpaired) electrons. The third kappa shape index (κ3) is 3.54. The number of carbonyl (C=O) groups excluding carboxylic acids is 2. The van der Waals surface area contributed by atoms with Gasteiger partial charge in [0.2, 0.25) is 11.8 Å². The van der Waals surface area contributed by atoms with E-state index in [1.54, 1.807) is 6.07 Å². The molecule has 2 aromatic carbocycles. The van der Waals surface area contributed by atoms with E-state index in [0.717, 1.165) is 21.8 Å². The largest absolute Gasteiger partial charge is 0.324 e. The lowest BCUT2D eigenvalue weighted by atomic mass is 10.1. The Balaban J connectivity index is 1.53. The molecule has 0 unspecified atom stereocenters. The van der Waals surface area contributed by atoms with Gasteiger partial charge in [-0.15, -0.1) is 16.9 Å². The van der Waals surface area contributed by atoms with Crippen molar-refractivity contribution in [1.82, 2.24) is 20.2 Å². The van der Waals surface area contributed by atoms with Crippen LogP contribution in [0.15, 0.2) is 53.7 Å². The molecule has 9 heteroatoms. The van der Waals surface area contributed by atoms with Crippen LogP contribution in [-0.2, 0) is 9.59 Å². The van der Waals surface area contributed by atoms with Crippen molar-refractivity contribution < 1.29 is 9.59 Å². The zero-order chi connectivity index (χ0) is 18.8. The molecule has 0 saturated heterocycles. The van der Waals surface area contributed by atoms with Crippen molar-refractivity contribution in [1.29, 1.82) is 0 Å². The molecule has 27 heavy (non-hydrogen) atoms. The number of hydrogen-bond acceptors (Lipinski definition) is 6. The van der Waals surface area contributed by atoms with Crippen LogP contribution in [0.3, 0.4) is 0 Å². The first kappa shape index (κ1) is 17.2. The van der Waals surface area contributed by atoms with Gasteiger partial charge in [0.05, 0.1) is 17.1 Å². The molecule has 1 aliphatic rings. The topological polar surface area (TPSA) is 93.0 Å². The van der Waals surface area contributed by atoms with Crippen LogP contribution in [0.1, 0.15) is 5.56 Å². The molecular formula is C18H16N6O2S. The maximum atomic E-state index is 12.6. The van der Waals surface area contributed by atoms with Gasteiger partial charge < -0.3 is 10.2 Å². The number of hydrogen-bond donors (Lipinski definition) is 1. The molecule has 1 N–H and O–H groups in total. The minimum absolute atomic E-state index is 0.0368. The Morgan fingerprint density at radius 3 is 2.93 bits per heavy atom. The summed E-state index contributed by atoms with van der Waals surface area (Å²) in [6, 6.07) is 13.1. The van der Waals surface area contributed by atoms with Crippen molar-refractivity contribution in [2.75, 3.05) is 22.5 Å². The highest BCUT2D eigenvalue weighted by Crippen LogP contribution is 2.34. The predicted octanol–water partition coefficient (Wildman–Crippen LogP) is 2.05. The van der Waals surface area contributed by atoms with Crippen LogP contribution in [0.4, 0.5) is 11.4 Å². The Bertz CT molecular complexity index is 1000. The number of para-hydroxylation sites is 1. The summed E-state index contributed by atoms with van der Waals surface area (Å²) in [4.78, 5) is 27.5. The number of nitrogens with zero attached hydrogens (tertiary/aromatic N) is 5. The molecule has 0 fully saturated rings. The fourth-order valence-corrected chi connectivity index (χ4v) is 3.76. The lowest BCUT2D eigenvalue weighted by molar-refractivity contribution is -0.120. The number of rotatable bonds is 4. The smallest absolute Gasteiger partial charge is 0.244 e. The van der Waals surface area contributed by atoms with E-state index in [0.29, 0.717) is 11.4 Å². The van der Waals surface area contributed by atoms with E-state index < -0.39 is 0 Å². The predicted molar refractivity (Wildman–Crippen MR) is 102 cm³/mol. The first-order valence-corrected chi connectivity index (χ1v) is 9.26. The molecule has 1 aliphatic heterocycles. The summed E-state index contributed by atoms with van der Waals surface area (Å²) in [6.45, 7) is 1.86. The second-order valence-electron chi connectivity index (χ2n) is 6.04. The molecule has 3 aromatic rings. The first-order valence-electron chi connectivity index (χ1n) is 8.28. The maximum Gasteiger partial charge on any atom is 0.244 e. The zero-order valence-electron chi connectivity index (χ0n) is 14.5. The van der Waals surface area contributed by atoms with E-state index in [2.05, 4.69) is 20.8 Å². The number of carbonyl (C=O) groups is 2. The summed E-state index contributed by atoms with van der Waals surface area (Å²) in [5, 5.41) is 14.0. The zero-order valence-corrected chi connectivity index (χ0v) is 15.3. The van der Waals surface area contributed by atoms with E-state index in [-0.39, 0.29) is 18.4 Å². The highest BCUT2D eigenvalue weighted by molar-refractivity contribution is 8.00.